The molecule has 0 spiro atoms. The summed E-state index contributed by atoms with van der Waals surface area (Å²) in [6, 6.07) is 5.26. The number of carboxylic acids is 1. The van der Waals surface area contributed by atoms with E-state index >= 15 is 0 Å². The lowest BCUT2D eigenvalue weighted by molar-refractivity contribution is -0.152. The van der Waals surface area contributed by atoms with Crippen molar-refractivity contribution in [2.75, 3.05) is 13.2 Å². The Hall–Kier alpha value is -2.04. The maximum atomic E-state index is 12.2. The van der Waals surface area contributed by atoms with Crippen molar-refractivity contribution >= 4 is 11.9 Å². The minimum absolute atomic E-state index is 0.141. The van der Waals surface area contributed by atoms with Crippen molar-refractivity contribution in [1.82, 2.24) is 4.90 Å². The van der Waals surface area contributed by atoms with Gasteiger partial charge in [-0.3, -0.25) is 4.79 Å². The Morgan fingerprint density at radius 2 is 2.09 bits per heavy atom. The Kier molecular flexibility index (Phi) is 5.41. The van der Waals surface area contributed by atoms with Gasteiger partial charge in [-0.25, -0.2) is 4.79 Å². The zero-order valence-electron chi connectivity index (χ0n) is 13.2. The molecule has 0 bridgehead atoms. The second kappa shape index (κ2) is 7.29. The number of aliphatic carboxylic acids is 1. The lowest BCUT2D eigenvalue weighted by Crippen LogP contribution is -2.48. The van der Waals surface area contributed by atoms with E-state index in [0.29, 0.717) is 13.0 Å². The number of nitrogens with zero attached hydrogens (tertiary/aromatic N) is 1. The molecule has 1 N–H and O–H groups in total. The predicted octanol–water partition coefficient (Wildman–Crippen LogP) is 2.54. The number of aryl methyl sites for hydroxylation is 2. The summed E-state index contributed by atoms with van der Waals surface area (Å²) in [7, 11) is 0. The normalized spacial score (nSPS) is 18.1. The average molecular weight is 305 g/mol. The number of carbonyl (C=O) groups is 2. The van der Waals surface area contributed by atoms with E-state index in [-0.39, 0.29) is 18.9 Å². The van der Waals surface area contributed by atoms with Crippen LogP contribution < -0.4 is 4.74 Å². The van der Waals surface area contributed by atoms with Gasteiger partial charge in [0, 0.05) is 6.54 Å². The fraction of sp³-hybridized carbons (Fsp3) is 0.529. The monoisotopic (exact) mass is 305 g/mol. The van der Waals surface area contributed by atoms with Gasteiger partial charge in [-0.05, 0) is 50.3 Å². The smallest absolute Gasteiger partial charge is 0.326 e. The van der Waals surface area contributed by atoms with Gasteiger partial charge in [0.2, 0.25) is 5.91 Å². The summed E-state index contributed by atoms with van der Waals surface area (Å²) in [6.07, 6.45) is 2.48. The number of hydrogen-bond donors (Lipinski definition) is 1. The minimum atomic E-state index is -0.913. The van der Waals surface area contributed by atoms with E-state index in [0.717, 1.165) is 29.7 Å². The molecule has 1 aliphatic heterocycles. The molecule has 120 valence electrons. The van der Waals surface area contributed by atoms with Crippen LogP contribution in [0.5, 0.6) is 5.75 Å². The van der Waals surface area contributed by atoms with Crippen LogP contribution >= 0.6 is 0 Å². The molecule has 1 atom stereocenters. The number of carboxylic acid groups (broad SMARTS) is 1. The molecular weight excluding hydrogens is 282 g/mol. The minimum Gasteiger partial charge on any atom is -0.493 e. The summed E-state index contributed by atoms with van der Waals surface area (Å²) in [5, 5.41) is 9.20. The largest absolute Gasteiger partial charge is 0.493 e. The molecule has 0 aliphatic carbocycles. The maximum absolute atomic E-state index is 12.2. The van der Waals surface area contributed by atoms with Crippen LogP contribution in [-0.2, 0) is 9.59 Å². The maximum Gasteiger partial charge on any atom is 0.326 e. The SMILES string of the molecule is Cc1ccc(C)c(OCCC(=O)N2CCCC[C@@H]2C(=O)O)c1. The first kappa shape index (κ1) is 16.3. The molecule has 0 saturated carbocycles. The van der Waals surface area contributed by atoms with Crippen molar-refractivity contribution in [2.24, 2.45) is 0 Å². The van der Waals surface area contributed by atoms with Crippen molar-refractivity contribution in [3.63, 3.8) is 0 Å². The van der Waals surface area contributed by atoms with Crippen LogP contribution in [0.25, 0.3) is 0 Å². The van der Waals surface area contributed by atoms with Crippen LogP contribution in [-0.4, -0.2) is 41.1 Å². The number of ether oxygens (including phenoxy) is 1. The molecule has 1 aromatic rings. The summed E-state index contributed by atoms with van der Waals surface area (Å²) < 4.78 is 5.68. The first-order valence-corrected chi connectivity index (χ1v) is 7.71. The number of rotatable bonds is 5. The predicted molar refractivity (Wildman–Crippen MR) is 83.0 cm³/mol. The molecule has 2 rings (SSSR count). The summed E-state index contributed by atoms with van der Waals surface area (Å²) in [5.74, 6) is -0.276. The fourth-order valence-electron chi connectivity index (χ4n) is 2.74. The standard InChI is InChI=1S/C17H23NO4/c1-12-6-7-13(2)15(11-12)22-10-8-16(19)18-9-4-3-5-14(18)17(20)21/h6-7,11,14H,3-5,8-10H2,1-2H3,(H,20,21)/t14-/m1/s1. The number of amides is 1. The number of benzene rings is 1. The van der Waals surface area contributed by atoms with E-state index in [1.54, 1.807) is 0 Å². The molecule has 0 aromatic heterocycles. The second-order valence-electron chi connectivity index (χ2n) is 5.80. The van der Waals surface area contributed by atoms with E-state index in [1.165, 1.54) is 4.90 Å². The molecule has 1 aromatic carbocycles. The molecule has 5 nitrogen and oxygen atoms in total. The van der Waals surface area contributed by atoms with Gasteiger partial charge in [0.25, 0.3) is 0 Å². The Labute approximate surface area is 130 Å². The number of piperidine rings is 1. The van der Waals surface area contributed by atoms with E-state index in [2.05, 4.69) is 0 Å². The highest BCUT2D eigenvalue weighted by atomic mass is 16.5. The topological polar surface area (TPSA) is 66.8 Å². The molecule has 0 unspecified atom stereocenters. The fourth-order valence-corrected chi connectivity index (χ4v) is 2.74. The highest BCUT2D eigenvalue weighted by molar-refractivity contribution is 5.83. The molecule has 1 aliphatic rings. The summed E-state index contributed by atoms with van der Waals surface area (Å²) in [4.78, 5) is 24.9. The van der Waals surface area contributed by atoms with E-state index in [1.807, 2.05) is 32.0 Å². The van der Waals surface area contributed by atoms with Crippen LogP contribution in [0.1, 0.15) is 36.8 Å². The van der Waals surface area contributed by atoms with Gasteiger partial charge in [-0.1, -0.05) is 12.1 Å². The quantitative estimate of drug-likeness (QED) is 0.908. The van der Waals surface area contributed by atoms with Crippen molar-refractivity contribution in [1.29, 1.82) is 0 Å². The first-order chi connectivity index (χ1) is 10.5. The lowest BCUT2D eigenvalue weighted by Gasteiger charge is -2.33. The number of likely N-dealkylation sites (tertiary alicyclic amines) is 1. The number of hydrogen-bond acceptors (Lipinski definition) is 3. The van der Waals surface area contributed by atoms with Gasteiger partial charge in [-0.2, -0.15) is 0 Å². The molecular formula is C17H23NO4. The molecule has 1 fully saturated rings. The third-order valence-corrected chi connectivity index (χ3v) is 4.03. The molecule has 1 saturated heterocycles. The van der Waals surface area contributed by atoms with Gasteiger partial charge in [0.05, 0.1) is 13.0 Å². The zero-order chi connectivity index (χ0) is 16.1. The zero-order valence-corrected chi connectivity index (χ0v) is 13.2. The van der Waals surface area contributed by atoms with Gasteiger partial charge < -0.3 is 14.7 Å². The van der Waals surface area contributed by atoms with Crippen LogP contribution in [0.3, 0.4) is 0 Å². The molecule has 1 amide bonds. The average Bonchev–Trinajstić information content (AvgIpc) is 2.50. The Balaban J connectivity index is 1.89. The Morgan fingerprint density at radius 3 is 2.82 bits per heavy atom. The van der Waals surface area contributed by atoms with Gasteiger partial charge in [0.1, 0.15) is 11.8 Å². The Bertz CT molecular complexity index is 556. The van der Waals surface area contributed by atoms with Crippen molar-refractivity contribution in [3.8, 4) is 5.75 Å². The van der Waals surface area contributed by atoms with Crippen molar-refractivity contribution < 1.29 is 19.4 Å². The van der Waals surface area contributed by atoms with Gasteiger partial charge in [0.15, 0.2) is 0 Å². The molecule has 5 heteroatoms. The third-order valence-electron chi connectivity index (χ3n) is 4.03. The highest BCUT2D eigenvalue weighted by Crippen LogP contribution is 2.21. The first-order valence-electron chi connectivity index (χ1n) is 7.71. The van der Waals surface area contributed by atoms with Crippen LogP contribution in [0.4, 0.5) is 0 Å². The summed E-state index contributed by atoms with van der Waals surface area (Å²) in [6.45, 7) is 4.75. The van der Waals surface area contributed by atoms with E-state index in [4.69, 9.17) is 4.74 Å². The Morgan fingerprint density at radius 1 is 1.32 bits per heavy atom. The van der Waals surface area contributed by atoms with Crippen molar-refractivity contribution in [3.05, 3.63) is 29.3 Å². The molecule has 0 radical (unpaired) electrons. The van der Waals surface area contributed by atoms with Crippen LogP contribution in [0.2, 0.25) is 0 Å². The molecule has 22 heavy (non-hydrogen) atoms. The van der Waals surface area contributed by atoms with Crippen molar-refractivity contribution in [2.45, 2.75) is 45.6 Å². The highest BCUT2D eigenvalue weighted by Gasteiger charge is 2.31. The molecule has 1 heterocycles. The summed E-state index contributed by atoms with van der Waals surface area (Å²) in [5.41, 5.74) is 2.13. The van der Waals surface area contributed by atoms with Gasteiger partial charge in [-0.15, -0.1) is 0 Å². The number of carbonyl (C=O) groups excluding carboxylic acids is 1. The van der Waals surface area contributed by atoms with Gasteiger partial charge >= 0.3 is 5.97 Å². The van der Waals surface area contributed by atoms with Crippen LogP contribution in [0, 0.1) is 13.8 Å². The second-order valence-corrected chi connectivity index (χ2v) is 5.80. The third kappa shape index (κ3) is 4.00. The summed E-state index contributed by atoms with van der Waals surface area (Å²) >= 11 is 0. The lowest BCUT2D eigenvalue weighted by atomic mass is 10.0. The van der Waals surface area contributed by atoms with E-state index in [9.17, 15) is 14.7 Å². The van der Waals surface area contributed by atoms with E-state index < -0.39 is 12.0 Å². The van der Waals surface area contributed by atoms with Crippen LogP contribution in [0.15, 0.2) is 18.2 Å².